The number of aromatic nitrogens is 2. The van der Waals surface area contributed by atoms with Gasteiger partial charge >= 0.3 is 0 Å². The van der Waals surface area contributed by atoms with Crippen LogP contribution in [-0.4, -0.2) is 21.4 Å². The van der Waals surface area contributed by atoms with Gasteiger partial charge in [-0.1, -0.05) is 47.5 Å². The van der Waals surface area contributed by atoms with Crippen molar-refractivity contribution in [2.45, 2.75) is 12.2 Å². The van der Waals surface area contributed by atoms with E-state index in [0.29, 0.717) is 21.6 Å². The Bertz CT molecular complexity index is 988. The fourth-order valence-corrected chi connectivity index (χ4v) is 4.91. The van der Waals surface area contributed by atoms with Crippen LogP contribution in [0.4, 0.5) is 5.82 Å². The van der Waals surface area contributed by atoms with E-state index in [4.69, 9.17) is 23.2 Å². The van der Waals surface area contributed by atoms with Crippen LogP contribution < -0.4 is 5.32 Å². The Kier molecular flexibility index (Phi) is 4.69. The molecule has 0 saturated carbocycles. The van der Waals surface area contributed by atoms with Crippen LogP contribution in [0, 0.1) is 6.92 Å². The number of amides is 1. The molecule has 0 radical (unpaired) electrons. The second-order valence-corrected chi connectivity index (χ2v) is 7.94. The van der Waals surface area contributed by atoms with Gasteiger partial charge in [-0.15, -0.1) is 11.8 Å². The van der Waals surface area contributed by atoms with Gasteiger partial charge in [-0.05, 0) is 36.8 Å². The number of carbonyl (C=O) groups is 1. The van der Waals surface area contributed by atoms with Crippen molar-refractivity contribution in [1.29, 1.82) is 0 Å². The maximum Gasteiger partial charge on any atom is 0.235 e. The molecule has 0 unspecified atom stereocenters. The van der Waals surface area contributed by atoms with Crippen molar-refractivity contribution < 1.29 is 4.79 Å². The lowest BCUT2D eigenvalue weighted by Crippen LogP contribution is -2.15. The van der Waals surface area contributed by atoms with E-state index in [-0.39, 0.29) is 11.2 Å². The first kappa shape index (κ1) is 17.5. The maximum absolute atomic E-state index is 12.3. The minimum Gasteiger partial charge on any atom is -0.310 e. The van der Waals surface area contributed by atoms with E-state index in [1.54, 1.807) is 10.7 Å². The van der Waals surface area contributed by atoms with Crippen LogP contribution in [-0.2, 0) is 4.79 Å². The smallest absolute Gasteiger partial charge is 0.235 e. The van der Waals surface area contributed by atoms with Crippen LogP contribution in [0.25, 0.3) is 5.69 Å². The molecule has 0 spiro atoms. The molecule has 0 aliphatic carbocycles. The predicted molar refractivity (Wildman–Crippen MR) is 108 cm³/mol. The van der Waals surface area contributed by atoms with E-state index < -0.39 is 0 Å². The van der Waals surface area contributed by atoms with Crippen LogP contribution >= 0.6 is 35.0 Å². The summed E-state index contributed by atoms with van der Waals surface area (Å²) in [5.41, 5.74) is 3.64. The molecule has 2 heterocycles. The molecule has 1 atom stereocenters. The molecule has 0 saturated heterocycles. The number of anilines is 1. The zero-order valence-electron chi connectivity index (χ0n) is 13.9. The van der Waals surface area contributed by atoms with Gasteiger partial charge in [-0.3, -0.25) is 4.79 Å². The first-order valence-electron chi connectivity index (χ1n) is 8.06. The van der Waals surface area contributed by atoms with E-state index in [9.17, 15) is 4.79 Å². The van der Waals surface area contributed by atoms with Crippen LogP contribution in [0.3, 0.4) is 0 Å². The Morgan fingerprint density at radius 1 is 1.19 bits per heavy atom. The number of halogens is 2. The summed E-state index contributed by atoms with van der Waals surface area (Å²) >= 11 is 14.1. The summed E-state index contributed by atoms with van der Waals surface area (Å²) in [6, 6.07) is 15.2. The average Bonchev–Trinajstić information content (AvgIpc) is 2.83. The molecule has 132 valence electrons. The second kappa shape index (κ2) is 6.99. The largest absolute Gasteiger partial charge is 0.310 e. The third-order valence-electron chi connectivity index (χ3n) is 4.25. The molecule has 4 nitrogen and oxygen atoms in total. The summed E-state index contributed by atoms with van der Waals surface area (Å²) in [6.45, 7) is 1.95. The van der Waals surface area contributed by atoms with Crippen molar-refractivity contribution >= 4 is 46.7 Å². The highest BCUT2D eigenvalue weighted by molar-refractivity contribution is 8.00. The molecule has 0 bridgehead atoms. The van der Waals surface area contributed by atoms with Crippen molar-refractivity contribution in [2.75, 3.05) is 11.1 Å². The molecule has 26 heavy (non-hydrogen) atoms. The summed E-state index contributed by atoms with van der Waals surface area (Å²) in [5.74, 6) is 0.979. The highest BCUT2D eigenvalue weighted by Gasteiger charge is 2.31. The van der Waals surface area contributed by atoms with E-state index >= 15 is 0 Å². The van der Waals surface area contributed by atoms with Gasteiger partial charge in [0.05, 0.1) is 22.4 Å². The number of rotatable bonds is 2. The highest BCUT2D eigenvalue weighted by atomic mass is 35.5. The second-order valence-electron chi connectivity index (χ2n) is 6.00. The van der Waals surface area contributed by atoms with Gasteiger partial charge in [-0.2, -0.15) is 5.10 Å². The van der Waals surface area contributed by atoms with Crippen LogP contribution in [0.15, 0.2) is 48.5 Å². The fraction of sp³-hybridized carbons (Fsp3) is 0.158. The number of benzene rings is 2. The number of thioether (sulfide) groups is 1. The Morgan fingerprint density at radius 3 is 2.69 bits per heavy atom. The minimum atomic E-state index is -0.105. The monoisotopic (exact) mass is 403 g/mol. The van der Waals surface area contributed by atoms with Gasteiger partial charge in [0.25, 0.3) is 0 Å². The standard InChI is InChI=1S/C19H15Cl2N3OS/c1-11-17-18(14-8-7-12(20)9-15(14)21)26-10-16(25)22-19(17)24(23-11)13-5-3-2-4-6-13/h2-9,18H,10H2,1H3,(H,22,25)/t18-/m1/s1. The first-order valence-corrected chi connectivity index (χ1v) is 9.86. The molecule has 7 heteroatoms. The summed E-state index contributed by atoms with van der Waals surface area (Å²) in [7, 11) is 0. The molecule has 1 aromatic heterocycles. The van der Waals surface area contributed by atoms with Crippen molar-refractivity contribution in [3.8, 4) is 5.69 Å². The number of nitrogens with one attached hydrogen (secondary N) is 1. The highest BCUT2D eigenvalue weighted by Crippen LogP contribution is 2.46. The lowest BCUT2D eigenvalue weighted by atomic mass is 10.0. The van der Waals surface area contributed by atoms with E-state index in [1.807, 2.05) is 49.4 Å². The number of para-hydroxylation sites is 1. The molecule has 0 fully saturated rings. The molecule has 1 aliphatic heterocycles. The molecule has 4 rings (SSSR count). The predicted octanol–water partition coefficient (Wildman–Crippen LogP) is 5.26. The molecular formula is C19H15Cl2N3OS. The van der Waals surface area contributed by atoms with Crippen LogP contribution in [0.1, 0.15) is 22.1 Å². The Labute approximate surface area is 165 Å². The lowest BCUT2D eigenvalue weighted by Gasteiger charge is -2.17. The number of fused-ring (bicyclic) bond motifs is 1. The molecule has 3 aromatic rings. The quantitative estimate of drug-likeness (QED) is 0.634. The van der Waals surface area contributed by atoms with Gasteiger partial charge in [-0.25, -0.2) is 4.68 Å². The fourth-order valence-electron chi connectivity index (χ4n) is 3.10. The molecule has 1 N–H and O–H groups in total. The molecular weight excluding hydrogens is 389 g/mol. The van der Waals surface area contributed by atoms with E-state index in [2.05, 4.69) is 10.4 Å². The third-order valence-corrected chi connectivity index (χ3v) is 6.07. The van der Waals surface area contributed by atoms with Gasteiger partial charge < -0.3 is 5.32 Å². The van der Waals surface area contributed by atoms with Crippen LogP contribution in [0.5, 0.6) is 0 Å². The maximum atomic E-state index is 12.3. The number of nitrogens with zero attached hydrogens (tertiary/aromatic N) is 2. The van der Waals surface area contributed by atoms with Gasteiger partial charge in [0.15, 0.2) is 0 Å². The first-order chi connectivity index (χ1) is 12.5. The van der Waals surface area contributed by atoms with Gasteiger partial charge in [0, 0.05) is 15.6 Å². The number of aryl methyl sites for hydroxylation is 1. The average molecular weight is 404 g/mol. The molecule has 1 amide bonds. The third kappa shape index (κ3) is 3.11. The molecule has 2 aromatic carbocycles. The SMILES string of the molecule is Cc1nn(-c2ccccc2)c2c1[C@@H](c1ccc(Cl)cc1Cl)SCC(=O)N2. The Morgan fingerprint density at radius 2 is 1.96 bits per heavy atom. The van der Waals surface area contributed by atoms with Crippen molar-refractivity contribution in [3.63, 3.8) is 0 Å². The lowest BCUT2D eigenvalue weighted by molar-refractivity contribution is -0.113. The van der Waals surface area contributed by atoms with Crippen molar-refractivity contribution in [1.82, 2.24) is 9.78 Å². The van der Waals surface area contributed by atoms with Crippen LogP contribution in [0.2, 0.25) is 10.0 Å². The van der Waals surface area contributed by atoms with Gasteiger partial charge in [0.1, 0.15) is 5.82 Å². The number of hydrogen-bond donors (Lipinski definition) is 1. The molecule has 1 aliphatic rings. The van der Waals surface area contributed by atoms with E-state index in [0.717, 1.165) is 22.5 Å². The van der Waals surface area contributed by atoms with E-state index in [1.165, 1.54) is 11.8 Å². The zero-order valence-corrected chi connectivity index (χ0v) is 16.2. The topological polar surface area (TPSA) is 46.9 Å². The van der Waals surface area contributed by atoms with Crippen molar-refractivity contribution in [3.05, 3.63) is 75.4 Å². The number of carbonyl (C=O) groups excluding carboxylic acids is 1. The summed E-state index contributed by atoms with van der Waals surface area (Å²) in [5, 5.41) is 8.76. The minimum absolute atomic E-state index is 0.0547. The normalized spacial score (nSPS) is 16.7. The van der Waals surface area contributed by atoms with Crippen molar-refractivity contribution in [2.24, 2.45) is 0 Å². The summed E-state index contributed by atoms with van der Waals surface area (Å²) < 4.78 is 1.78. The Hall–Kier alpha value is -1.95. The summed E-state index contributed by atoms with van der Waals surface area (Å²) in [4.78, 5) is 12.3. The zero-order chi connectivity index (χ0) is 18.3. The Balaban J connectivity index is 1.91. The van der Waals surface area contributed by atoms with Gasteiger partial charge in [0.2, 0.25) is 5.91 Å². The number of hydrogen-bond acceptors (Lipinski definition) is 3. The summed E-state index contributed by atoms with van der Waals surface area (Å²) in [6.07, 6.45) is 0.